The van der Waals surface area contributed by atoms with Gasteiger partial charge < -0.3 is 0 Å². The largest absolute Gasteiger partial charge is 0.0990 e. The Morgan fingerprint density at radius 2 is 2.38 bits per heavy atom. The highest BCUT2D eigenvalue weighted by Crippen LogP contribution is 1.71. The van der Waals surface area contributed by atoms with Gasteiger partial charge in [0.05, 0.1) is 0 Å². The van der Waals surface area contributed by atoms with Crippen molar-refractivity contribution >= 4 is 0 Å². The molecule has 0 saturated carbocycles. The maximum absolute atomic E-state index is 3.50. The molecular weight excluding hydrogens is 96.1 g/mol. The van der Waals surface area contributed by atoms with E-state index in [1.807, 2.05) is 13.0 Å². The molecule has 0 aliphatic rings. The minimum atomic E-state index is 0.918. The summed E-state index contributed by atoms with van der Waals surface area (Å²) in [6.45, 7) is 5.53. The van der Waals surface area contributed by atoms with Crippen molar-refractivity contribution in [2.45, 2.75) is 13.3 Å². The van der Waals surface area contributed by atoms with Crippen molar-refractivity contribution < 1.29 is 0 Å². The first-order chi connectivity index (χ1) is 3.91. The Kier molecular flexibility index (Phi) is 5.32. The first-order valence-electron chi connectivity index (χ1n) is 2.67. The lowest BCUT2D eigenvalue weighted by atomic mass is 10.4. The summed E-state index contributed by atoms with van der Waals surface area (Å²) in [6.07, 6.45) is 6.24. The molecule has 0 heteroatoms. The molecule has 0 fully saturated rings. The first kappa shape index (κ1) is 7.04. The molecule has 0 aromatic rings. The summed E-state index contributed by atoms with van der Waals surface area (Å²) in [5.74, 6) is 5.73. The van der Waals surface area contributed by atoms with Crippen LogP contribution in [-0.2, 0) is 0 Å². The van der Waals surface area contributed by atoms with Crippen LogP contribution in [0.25, 0.3) is 0 Å². The lowest BCUT2D eigenvalue weighted by molar-refractivity contribution is 1.28. The smallest absolute Gasteiger partial charge is 0.00637 e. The standard InChI is InChI=1S/C8H10/c1-3-5-7-8-6-4-2/h3,5,7H,1,4H2,2H3/b7-5+. The summed E-state index contributed by atoms with van der Waals surface area (Å²) in [7, 11) is 0. The molecule has 0 heterocycles. The quantitative estimate of drug-likeness (QED) is 0.355. The summed E-state index contributed by atoms with van der Waals surface area (Å²) in [6, 6.07) is 0. The Balaban J connectivity index is 3.40. The molecule has 0 aliphatic heterocycles. The van der Waals surface area contributed by atoms with Gasteiger partial charge in [0.1, 0.15) is 0 Å². The van der Waals surface area contributed by atoms with E-state index in [4.69, 9.17) is 0 Å². The fourth-order valence-electron chi connectivity index (χ4n) is 0.277. The van der Waals surface area contributed by atoms with E-state index in [0.717, 1.165) is 6.42 Å². The zero-order chi connectivity index (χ0) is 6.24. The molecule has 0 N–H and O–H groups in total. The van der Waals surface area contributed by atoms with Crippen molar-refractivity contribution in [2.75, 3.05) is 0 Å². The molecule has 42 valence electrons. The van der Waals surface area contributed by atoms with Gasteiger partial charge in [-0.3, -0.25) is 0 Å². The summed E-state index contributed by atoms with van der Waals surface area (Å²) in [4.78, 5) is 0. The first-order valence-corrected chi connectivity index (χ1v) is 2.67. The molecule has 0 nitrogen and oxygen atoms in total. The van der Waals surface area contributed by atoms with Gasteiger partial charge in [-0.2, -0.15) is 0 Å². The highest BCUT2D eigenvalue weighted by Gasteiger charge is 1.55. The van der Waals surface area contributed by atoms with Gasteiger partial charge in [-0.15, -0.1) is 0 Å². The van der Waals surface area contributed by atoms with Crippen molar-refractivity contribution in [1.82, 2.24) is 0 Å². The predicted octanol–water partition coefficient (Wildman–Crippen LogP) is 2.14. The molecule has 0 radical (unpaired) electrons. The molecular formula is C8H10. The molecule has 0 bridgehead atoms. The number of rotatable bonds is 1. The lowest BCUT2D eigenvalue weighted by Crippen LogP contribution is -1.50. The minimum Gasteiger partial charge on any atom is -0.0990 e. The van der Waals surface area contributed by atoms with Crippen LogP contribution in [0.15, 0.2) is 24.8 Å². The third kappa shape index (κ3) is 5.04. The predicted molar refractivity (Wildman–Crippen MR) is 37.4 cm³/mol. The van der Waals surface area contributed by atoms with Crippen LogP contribution in [0.4, 0.5) is 0 Å². The monoisotopic (exact) mass is 106 g/mol. The van der Waals surface area contributed by atoms with Gasteiger partial charge >= 0.3 is 0 Å². The van der Waals surface area contributed by atoms with Crippen molar-refractivity contribution in [3.63, 3.8) is 0 Å². The van der Waals surface area contributed by atoms with E-state index in [1.165, 1.54) is 0 Å². The van der Waals surface area contributed by atoms with Crippen molar-refractivity contribution in [1.29, 1.82) is 0 Å². The van der Waals surface area contributed by atoms with Crippen LogP contribution >= 0.6 is 0 Å². The van der Waals surface area contributed by atoms with Crippen LogP contribution in [0.3, 0.4) is 0 Å². The van der Waals surface area contributed by atoms with Gasteiger partial charge in [0.15, 0.2) is 0 Å². The Hall–Kier alpha value is -0.960. The highest BCUT2D eigenvalue weighted by molar-refractivity contribution is 5.18. The number of hydrogen-bond donors (Lipinski definition) is 0. The average molecular weight is 106 g/mol. The van der Waals surface area contributed by atoms with Gasteiger partial charge in [-0.05, 0) is 6.08 Å². The zero-order valence-electron chi connectivity index (χ0n) is 5.15. The molecule has 0 amide bonds. The fourth-order valence-corrected chi connectivity index (χ4v) is 0.277. The second-order valence-corrected chi connectivity index (χ2v) is 1.27. The fraction of sp³-hybridized carbons (Fsp3) is 0.250. The van der Waals surface area contributed by atoms with Crippen LogP contribution in [0.1, 0.15) is 13.3 Å². The van der Waals surface area contributed by atoms with Gasteiger partial charge in [-0.1, -0.05) is 37.5 Å². The summed E-state index contributed by atoms with van der Waals surface area (Å²) < 4.78 is 0. The van der Waals surface area contributed by atoms with Crippen LogP contribution in [-0.4, -0.2) is 0 Å². The molecule has 0 unspecified atom stereocenters. The Bertz CT molecular complexity index is 130. The van der Waals surface area contributed by atoms with E-state index in [9.17, 15) is 0 Å². The van der Waals surface area contributed by atoms with Crippen molar-refractivity contribution in [3.05, 3.63) is 24.8 Å². The second kappa shape index (κ2) is 6.04. The molecule has 0 aromatic carbocycles. The van der Waals surface area contributed by atoms with Crippen molar-refractivity contribution in [2.24, 2.45) is 0 Å². The topological polar surface area (TPSA) is 0 Å². The van der Waals surface area contributed by atoms with Gasteiger partial charge in [-0.25, -0.2) is 0 Å². The molecule has 0 spiro atoms. The van der Waals surface area contributed by atoms with Gasteiger partial charge in [0.25, 0.3) is 0 Å². The molecule has 0 atom stereocenters. The zero-order valence-corrected chi connectivity index (χ0v) is 5.15. The molecule has 0 rings (SSSR count). The molecule has 8 heavy (non-hydrogen) atoms. The average Bonchev–Trinajstić information content (AvgIpc) is 1.81. The molecule has 0 saturated heterocycles. The van der Waals surface area contributed by atoms with Gasteiger partial charge in [0.2, 0.25) is 0 Å². The lowest BCUT2D eigenvalue weighted by Gasteiger charge is -1.65. The summed E-state index contributed by atoms with van der Waals surface area (Å²) in [5.41, 5.74) is 0. The summed E-state index contributed by atoms with van der Waals surface area (Å²) in [5, 5.41) is 0. The Labute approximate surface area is 50.9 Å². The van der Waals surface area contributed by atoms with E-state index >= 15 is 0 Å². The Morgan fingerprint density at radius 1 is 1.62 bits per heavy atom. The third-order valence-corrected chi connectivity index (χ3v) is 0.594. The molecule has 0 aliphatic carbocycles. The van der Waals surface area contributed by atoms with E-state index in [1.54, 1.807) is 12.2 Å². The van der Waals surface area contributed by atoms with Crippen LogP contribution in [0.5, 0.6) is 0 Å². The number of hydrogen-bond acceptors (Lipinski definition) is 0. The Morgan fingerprint density at radius 3 is 2.88 bits per heavy atom. The molecule has 0 aromatic heterocycles. The highest BCUT2D eigenvalue weighted by atomic mass is 13.6. The van der Waals surface area contributed by atoms with E-state index in [0.29, 0.717) is 0 Å². The van der Waals surface area contributed by atoms with E-state index in [2.05, 4.69) is 18.4 Å². The number of allylic oxidation sites excluding steroid dienone is 3. The van der Waals surface area contributed by atoms with E-state index in [-0.39, 0.29) is 0 Å². The van der Waals surface area contributed by atoms with Crippen LogP contribution in [0.2, 0.25) is 0 Å². The SMILES string of the molecule is C=C/C=C/C#CCC. The van der Waals surface area contributed by atoms with Crippen LogP contribution in [0, 0.1) is 11.8 Å². The third-order valence-electron chi connectivity index (χ3n) is 0.594. The van der Waals surface area contributed by atoms with Gasteiger partial charge in [0, 0.05) is 6.42 Å². The maximum atomic E-state index is 3.50. The van der Waals surface area contributed by atoms with Crippen molar-refractivity contribution in [3.8, 4) is 11.8 Å². The van der Waals surface area contributed by atoms with Crippen LogP contribution < -0.4 is 0 Å². The minimum absolute atomic E-state index is 0.918. The second-order valence-electron chi connectivity index (χ2n) is 1.27. The van der Waals surface area contributed by atoms with E-state index < -0.39 is 0 Å². The maximum Gasteiger partial charge on any atom is 0.00637 e. The summed E-state index contributed by atoms with van der Waals surface area (Å²) >= 11 is 0. The normalized spacial score (nSPS) is 8.12.